The molecule has 1 saturated carbocycles. The molecule has 3 unspecified atom stereocenters. The molecule has 6 atom stereocenters. The molecule has 9 nitrogen and oxygen atoms in total. The van der Waals surface area contributed by atoms with E-state index in [0.29, 0.717) is 52.5 Å². The van der Waals surface area contributed by atoms with Gasteiger partial charge in [0.1, 0.15) is 23.4 Å². The SMILES string of the molecule is COC1C(OC(=O)NCCOCCOCCN)CC[C@]2(CO2)C1[C@@]1(C)O[C@@H]1CC=C(C)C. The molecule has 3 N–H and O–H groups in total. The van der Waals surface area contributed by atoms with Crippen molar-refractivity contribution in [2.75, 3.05) is 53.2 Å². The zero-order valence-electron chi connectivity index (χ0n) is 19.9. The lowest BCUT2D eigenvalue weighted by Crippen LogP contribution is -2.56. The number of ether oxygens (including phenoxy) is 6. The summed E-state index contributed by atoms with van der Waals surface area (Å²) < 4.78 is 34.4. The molecule has 0 radical (unpaired) electrons. The average molecular weight is 457 g/mol. The molecule has 9 heteroatoms. The monoisotopic (exact) mass is 456 g/mol. The fourth-order valence-corrected chi connectivity index (χ4v) is 4.88. The quantitative estimate of drug-likeness (QED) is 0.245. The van der Waals surface area contributed by atoms with Gasteiger partial charge in [0.15, 0.2) is 0 Å². The largest absolute Gasteiger partial charge is 0.443 e. The summed E-state index contributed by atoms with van der Waals surface area (Å²) in [7, 11) is 1.67. The van der Waals surface area contributed by atoms with Crippen molar-refractivity contribution in [1.29, 1.82) is 0 Å². The smallest absolute Gasteiger partial charge is 0.407 e. The van der Waals surface area contributed by atoms with E-state index in [2.05, 4.69) is 32.2 Å². The van der Waals surface area contributed by atoms with Crippen molar-refractivity contribution >= 4 is 6.09 Å². The van der Waals surface area contributed by atoms with Crippen molar-refractivity contribution in [1.82, 2.24) is 5.32 Å². The third kappa shape index (κ3) is 6.21. The number of hydrogen-bond acceptors (Lipinski definition) is 8. The molecule has 0 bridgehead atoms. The first kappa shape index (κ1) is 25.4. The van der Waals surface area contributed by atoms with Crippen molar-refractivity contribution in [3.05, 3.63) is 11.6 Å². The Labute approximate surface area is 191 Å². The van der Waals surface area contributed by atoms with Crippen molar-refractivity contribution in [3.63, 3.8) is 0 Å². The molecule has 3 fully saturated rings. The first-order valence-corrected chi connectivity index (χ1v) is 11.6. The van der Waals surface area contributed by atoms with Gasteiger partial charge in [-0.1, -0.05) is 11.6 Å². The number of epoxide rings is 2. The predicted molar refractivity (Wildman–Crippen MR) is 118 cm³/mol. The lowest BCUT2D eigenvalue weighted by molar-refractivity contribution is -0.118. The molecular weight excluding hydrogens is 416 g/mol. The summed E-state index contributed by atoms with van der Waals surface area (Å²) in [5.74, 6) is 0.0129. The molecule has 2 aliphatic heterocycles. The lowest BCUT2D eigenvalue weighted by Gasteiger charge is -2.42. The van der Waals surface area contributed by atoms with Crippen LogP contribution in [0.2, 0.25) is 0 Å². The van der Waals surface area contributed by atoms with E-state index in [1.54, 1.807) is 7.11 Å². The molecule has 2 saturated heterocycles. The molecule has 3 rings (SSSR count). The van der Waals surface area contributed by atoms with Gasteiger partial charge in [0.05, 0.1) is 45.1 Å². The van der Waals surface area contributed by atoms with Crippen molar-refractivity contribution in [2.45, 2.75) is 69.5 Å². The Morgan fingerprint density at radius 2 is 1.94 bits per heavy atom. The first-order chi connectivity index (χ1) is 15.4. The van der Waals surface area contributed by atoms with Gasteiger partial charge in [0.2, 0.25) is 0 Å². The molecule has 0 aromatic rings. The third-order valence-corrected chi connectivity index (χ3v) is 6.65. The van der Waals surface area contributed by atoms with Crippen LogP contribution in [0.15, 0.2) is 11.6 Å². The van der Waals surface area contributed by atoms with Crippen LogP contribution >= 0.6 is 0 Å². The number of alkyl carbamates (subject to hydrolysis) is 1. The predicted octanol–water partition coefficient (Wildman–Crippen LogP) is 1.78. The van der Waals surface area contributed by atoms with E-state index < -0.39 is 6.09 Å². The van der Waals surface area contributed by atoms with E-state index in [9.17, 15) is 4.79 Å². The van der Waals surface area contributed by atoms with Crippen LogP contribution in [-0.4, -0.2) is 88.8 Å². The van der Waals surface area contributed by atoms with Gasteiger partial charge in [-0.3, -0.25) is 0 Å². The Morgan fingerprint density at radius 1 is 1.22 bits per heavy atom. The Bertz CT molecular complexity index is 650. The number of rotatable bonds is 13. The van der Waals surface area contributed by atoms with Crippen LogP contribution in [0, 0.1) is 5.92 Å². The Balaban J connectivity index is 1.48. The van der Waals surface area contributed by atoms with E-state index >= 15 is 0 Å². The van der Waals surface area contributed by atoms with Crippen LogP contribution in [0.5, 0.6) is 0 Å². The second kappa shape index (κ2) is 11.3. The van der Waals surface area contributed by atoms with Gasteiger partial charge in [-0.25, -0.2) is 4.79 Å². The first-order valence-electron chi connectivity index (χ1n) is 11.6. The fraction of sp³-hybridized carbons (Fsp3) is 0.870. The minimum atomic E-state index is -0.464. The summed E-state index contributed by atoms with van der Waals surface area (Å²) in [6.07, 6.45) is 3.63. The second-order valence-corrected chi connectivity index (χ2v) is 9.26. The van der Waals surface area contributed by atoms with Gasteiger partial charge < -0.3 is 39.5 Å². The Hall–Kier alpha value is -1.23. The number of methoxy groups -OCH3 is 1. The molecule has 32 heavy (non-hydrogen) atoms. The van der Waals surface area contributed by atoms with Crippen molar-refractivity contribution in [3.8, 4) is 0 Å². The maximum absolute atomic E-state index is 12.4. The van der Waals surface area contributed by atoms with Gasteiger partial charge in [-0.05, 0) is 40.0 Å². The van der Waals surface area contributed by atoms with Crippen LogP contribution in [0.4, 0.5) is 4.79 Å². The average Bonchev–Trinajstić information content (AvgIpc) is 3.67. The third-order valence-electron chi connectivity index (χ3n) is 6.65. The molecule has 2 heterocycles. The molecule has 0 aromatic heterocycles. The summed E-state index contributed by atoms with van der Waals surface area (Å²) in [5.41, 5.74) is 6.05. The summed E-state index contributed by atoms with van der Waals surface area (Å²) in [4.78, 5) is 12.4. The maximum Gasteiger partial charge on any atom is 0.407 e. The number of amides is 1. The molecule has 0 aromatic carbocycles. The number of carbonyl (C=O) groups is 1. The zero-order valence-corrected chi connectivity index (χ0v) is 19.9. The molecule has 184 valence electrons. The highest BCUT2D eigenvalue weighted by Crippen LogP contribution is 2.59. The summed E-state index contributed by atoms with van der Waals surface area (Å²) >= 11 is 0. The topological polar surface area (TPSA) is 117 Å². The highest BCUT2D eigenvalue weighted by Gasteiger charge is 2.72. The summed E-state index contributed by atoms with van der Waals surface area (Å²) in [6, 6.07) is 0. The number of hydrogen-bond donors (Lipinski definition) is 2. The Kier molecular flexibility index (Phi) is 8.94. The normalized spacial score (nSPS) is 35.4. The van der Waals surface area contributed by atoms with Gasteiger partial charge >= 0.3 is 6.09 Å². The van der Waals surface area contributed by atoms with Gasteiger partial charge in [0.25, 0.3) is 0 Å². The molecular formula is C23H40N2O7. The van der Waals surface area contributed by atoms with Crippen LogP contribution < -0.4 is 11.1 Å². The number of nitrogens with two attached hydrogens (primary N) is 1. The fourth-order valence-electron chi connectivity index (χ4n) is 4.88. The van der Waals surface area contributed by atoms with Crippen molar-refractivity contribution in [2.24, 2.45) is 11.7 Å². The molecule has 1 spiro atoms. The van der Waals surface area contributed by atoms with Crippen LogP contribution in [0.25, 0.3) is 0 Å². The number of allylic oxidation sites excluding steroid dienone is 1. The van der Waals surface area contributed by atoms with E-state index in [0.717, 1.165) is 12.8 Å². The lowest BCUT2D eigenvalue weighted by atomic mass is 9.68. The van der Waals surface area contributed by atoms with E-state index in [1.807, 2.05) is 0 Å². The van der Waals surface area contributed by atoms with Crippen LogP contribution in [0.3, 0.4) is 0 Å². The molecule has 1 amide bonds. The minimum Gasteiger partial charge on any atom is -0.443 e. The van der Waals surface area contributed by atoms with Crippen molar-refractivity contribution < 1.29 is 33.2 Å². The van der Waals surface area contributed by atoms with Crippen LogP contribution in [0.1, 0.15) is 40.0 Å². The van der Waals surface area contributed by atoms with E-state index in [-0.39, 0.29) is 35.4 Å². The Morgan fingerprint density at radius 3 is 2.56 bits per heavy atom. The molecule has 1 aliphatic carbocycles. The van der Waals surface area contributed by atoms with Crippen LogP contribution in [-0.2, 0) is 28.4 Å². The zero-order chi connectivity index (χ0) is 23.2. The summed E-state index contributed by atoms with van der Waals surface area (Å²) in [6.45, 7) is 9.72. The van der Waals surface area contributed by atoms with Gasteiger partial charge in [0, 0.05) is 20.2 Å². The maximum atomic E-state index is 12.4. The highest BCUT2D eigenvalue weighted by atomic mass is 16.6. The number of nitrogens with one attached hydrogen (secondary N) is 1. The van der Waals surface area contributed by atoms with Gasteiger partial charge in [-0.15, -0.1) is 0 Å². The highest BCUT2D eigenvalue weighted by molar-refractivity contribution is 5.67. The van der Waals surface area contributed by atoms with E-state index in [4.69, 9.17) is 34.2 Å². The second-order valence-electron chi connectivity index (χ2n) is 9.26. The minimum absolute atomic E-state index is 0.0129. The standard InChI is InChI=1S/C23H40N2O7/c1-16(2)5-6-18-22(3,32-18)20-19(27-4)17(7-8-23(20)15-30-23)31-21(26)25-10-12-29-14-13-28-11-9-24/h5,17-20H,6-15,24H2,1-4H3,(H,25,26)/t17?,18-,19?,20?,22+,23+/m1/s1. The van der Waals surface area contributed by atoms with Gasteiger partial charge in [-0.2, -0.15) is 0 Å². The van der Waals surface area contributed by atoms with E-state index in [1.165, 1.54) is 5.57 Å². The molecule has 3 aliphatic rings. The summed E-state index contributed by atoms with van der Waals surface area (Å²) in [5, 5.41) is 2.75. The number of carbonyl (C=O) groups excluding carboxylic acids is 1.